The van der Waals surface area contributed by atoms with E-state index in [1.807, 2.05) is 0 Å². The van der Waals surface area contributed by atoms with Crippen LogP contribution in [0, 0.1) is 0 Å². The predicted octanol–water partition coefficient (Wildman–Crippen LogP) is 3.87. The number of furan rings is 1. The van der Waals surface area contributed by atoms with E-state index in [0.717, 1.165) is 0 Å². The molecule has 0 bridgehead atoms. The van der Waals surface area contributed by atoms with E-state index < -0.39 is 21.8 Å². The zero-order valence-corrected chi connectivity index (χ0v) is 17.6. The molecule has 2 aromatic rings. The number of nitrogens with one attached hydrogen (secondary N) is 3. The van der Waals surface area contributed by atoms with Crippen LogP contribution in [0.4, 0.5) is 5.69 Å². The van der Waals surface area contributed by atoms with Crippen LogP contribution in [0.1, 0.15) is 27.8 Å². The molecule has 11 heteroatoms. The van der Waals surface area contributed by atoms with Crippen LogP contribution >= 0.6 is 47.0 Å². The lowest BCUT2D eigenvalue weighted by molar-refractivity contribution is 0.0526. The minimum Gasteiger partial charge on any atom is -0.462 e. The zero-order chi connectivity index (χ0) is 20.7. The molecule has 0 aliphatic heterocycles. The number of alkyl halides is 3. The number of carbonyl (C=O) groups excluding carboxylic acids is 2. The molecule has 0 saturated carbocycles. The Morgan fingerprint density at radius 1 is 1.18 bits per heavy atom. The summed E-state index contributed by atoms with van der Waals surface area (Å²) in [6.45, 7) is 2.01. The number of esters is 1. The number of hydrogen-bond acceptors (Lipinski definition) is 5. The van der Waals surface area contributed by atoms with Crippen molar-refractivity contribution >= 4 is 69.7 Å². The van der Waals surface area contributed by atoms with Gasteiger partial charge in [0, 0.05) is 5.69 Å². The van der Waals surface area contributed by atoms with Gasteiger partial charge in [0.05, 0.1) is 18.4 Å². The second-order valence-corrected chi connectivity index (χ2v) is 8.10. The van der Waals surface area contributed by atoms with E-state index in [2.05, 4.69) is 16.0 Å². The maximum Gasteiger partial charge on any atom is 0.338 e. The molecule has 0 saturated heterocycles. The van der Waals surface area contributed by atoms with Gasteiger partial charge in [0.15, 0.2) is 10.9 Å². The van der Waals surface area contributed by atoms with Crippen molar-refractivity contribution in [3.05, 3.63) is 54.0 Å². The molecule has 0 unspecified atom stereocenters. The van der Waals surface area contributed by atoms with Gasteiger partial charge in [-0.1, -0.05) is 34.8 Å². The van der Waals surface area contributed by atoms with Crippen LogP contribution in [-0.2, 0) is 4.74 Å². The second kappa shape index (κ2) is 9.97. The number of benzene rings is 1. The maximum absolute atomic E-state index is 12.1. The molecule has 2 rings (SSSR count). The summed E-state index contributed by atoms with van der Waals surface area (Å²) in [4.78, 5) is 23.8. The third-order valence-corrected chi connectivity index (χ3v) is 4.15. The van der Waals surface area contributed by atoms with Gasteiger partial charge in [0.2, 0.25) is 3.79 Å². The lowest BCUT2D eigenvalue weighted by Gasteiger charge is -2.27. The van der Waals surface area contributed by atoms with Crippen molar-refractivity contribution < 1.29 is 18.7 Å². The van der Waals surface area contributed by atoms with Crippen LogP contribution < -0.4 is 16.0 Å². The Morgan fingerprint density at radius 3 is 2.39 bits per heavy atom. The molecule has 7 nitrogen and oxygen atoms in total. The molecule has 1 aromatic carbocycles. The number of halogens is 3. The quantitative estimate of drug-likeness (QED) is 0.259. The summed E-state index contributed by atoms with van der Waals surface area (Å²) in [5.74, 6) is -0.962. The minimum atomic E-state index is -1.90. The molecule has 1 heterocycles. The smallest absolute Gasteiger partial charge is 0.338 e. The van der Waals surface area contributed by atoms with E-state index in [9.17, 15) is 9.59 Å². The minimum absolute atomic E-state index is 0.0504. The summed E-state index contributed by atoms with van der Waals surface area (Å²) in [6, 6.07) is 9.44. The molecule has 1 atom stereocenters. The van der Waals surface area contributed by atoms with E-state index in [-0.39, 0.29) is 17.5 Å². The molecule has 0 spiro atoms. The normalized spacial score (nSPS) is 12.0. The van der Waals surface area contributed by atoms with Gasteiger partial charge in [-0.25, -0.2) is 4.79 Å². The number of hydrogen-bond donors (Lipinski definition) is 3. The lowest BCUT2D eigenvalue weighted by Crippen LogP contribution is -2.56. The molecule has 0 aliphatic carbocycles. The Kier molecular flexibility index (Phi) is 7.94. The van der Waals surface area contributed by atoms with Crippen LogP contribution in [-0.4, -0.2) is 33.6 Å². The van der Waals surface area contributed by atoms with E-state index in [4.69, 9.17) is 56.2 Å². The van der Waals surface area contributed by atoms with Crippen molar-refractivity contribution in [3.63, 3.8) is 0 Å². The van der Waals surface area contributed by atoms with E-state index in [1.165, 1.54) is 12.3 Å². The van der Waals surface area contributed by atoms with E-state index >= 15 is 0 Å². The Labute approximate surface area is 181 Å². The zero-order valence-electron chi connectivity index (χ0n) is 14.5. The summed E-state index contributed by atoms with van der Waals surface area (Å²) in [5.41, 5.74) is 0.974. The Hall–Kier alpha value is -2.00. The van der Waals surface area contributed by atoms with Crippen molar-refractivity contribution in [2.45, 2.75) is 16.9 Å². The lowest BCUT2D eigenvalue weighted by atomic mass is 10.2. The highest BCUT2D eigenvalue weighted by Gasteiger charge is 2.35. The molecular weight excluding hydrogens is 449 g/mol. The molecule has 150 valence electrons. The van der Waals surface area contributed by atoms with Crippen LogP contribution in [0.3, 0.4) is 0 Å². The predicted molar refractivity (Wildman–Crippen MR) is 112 cm³/mol. The number of amides is 1. The maximum atomic E-state index is 12.1. The Bertz CT molecular complexity index is 823. The standard InChI is InChI=1S/C17H16Cl3N3O4S/c1-2-26-14(25)10-5-7-11(8-6-10)21-16(28)23-15(17(18,19)20)22-13(24)12-4-3-9-27-12/h3-9,15H,2H2,1H3,(H,22,24)(H2,21,23,28)/t15-/m1/s1. The van der Waals surface area contributed by atoms with E-state index in [0.29, 0.717) is 11.3 Å². The molecule has 1 aromatic heterocycles. The fourth-order valence-corrected chi connectivity index (χ4v) is 2.58. The van der Waals surface area contributed by atoms with Crippen LogP contribution in [0.2, 0.25) is 0 Å². The summed E-state index contributed by atoms with van der Waals surface area (Å²) in [6.07, 6.45) is 0.202. The molecule has 28 heavy (non-hydrogen) atoms. The summed E-state index contributed by atoms with van der Waals surface area (Å²) >= 11 is 23.0. The average molecular weight is 465 g/mol. The van der Waals surface area contributed by atoms with Gasteiger partial charge < -0.3 is 25.1 Å². The summed E-state index contributed by atoms with van der Waals surface area (Å²) in [7, 11) is 0. The fourth-order valence-electron chi connectivity index (χ4n) is 2.01. The topological polar surface area (TPSA) is 92.6 Å². The van der Waals surface area contributed by atoms with Crippen molar-refractivity contribution in [3.8, 4) is 0 Å². The number of ether oxygens (including phenoxy) is 1. The number of thiocarbonyl (C=S) groups is 1. The first kappa shape index (κ1) is 22.3. The monoisotopic (exact) mass is 463 g/mol. The first-order valence-corrected chi connectivity index (χ1v) is 9.50. The highest BCUT2D eigenvalue weighted by molar-refractivity contribution is 7.80. The molecule has 0 fully saturated rings. The van der Waals surface area contributed by atoms with Gasteiger partial charge in [-0.15, -0.1) is 0 Å². The molecular formula is C17H16Cl3N3O4S. The second-order valence-electron chi connectivity index (χ2n) is 5.32. The van der Waals surface area contributed by atoms with Crippen molar-refractivity contribution in [2.24, 2.45) is 0 Å². The third kappa shape index (κ3) is 6.56. The SMILES string of the molecule is CCOC(=O)c1ccc(NC(=S)N[C@@H](NC(=O)c2ccco2)C(Cl)(Cl)Cl)cc1. The number of rotatable bonds is 6. The molecule has 0 radical (unpaired) electrons. The van der Waals surface area contributed by atoms with Crippen molar-refractivity contribution in [1.82, 2.24) is 10.6 Å². The summed E-state index contributed by atoms with van der Waals surface area (Å²) in [5, 5.41) is 8.15. The largest absolute Gasteiger partial charge is 0.462 e. The third-order valence-electron chi connectivity index (χ3n) is 3.28. The van der Waals surface area contributed by atoms with Gasteiger partial charge in [-0.2, -0.15) is 0 Å². The van der Waals surface area contributed by atoms with Crippen LogP contribution in [0.5, 0.6) is 0 Å². The average Bonchev–Trinajstić information content (AvgIpc) is 3.16. The highest BCUT2D eigenvalue weighted by Crippen LogP contribution is 2.29. The number of carbonyl (C=O) groups is 2. The van der Waals surface area contributed by atoms with Gasteiger partial charge >= 0.3 is 5.97 Å². The van der Waals surface area contributed by atoms with Crippen molar-refractivity contribution in [2.75, 3.05) is 11.9 Å². The van der Waals surface area contributed by atoms with Gasteiger partial charge in [0.25, 0.3) is 5.91 Å². The first-order valence-electron chi connectivity index (χ1n) is 7.96. The molecule has 0 aliphatic rings. The fraction of sp³-hybridized carbons (Fsp3) is 0.235. The van der Waals surface area contributed by atoms with Gasteiger partial charge in [-0.05, 0) is 55.5 Å². The Balaban J connectivity index is 1.99. The molecule has 3 N–H and O–H groups in total. The van der Waals surface area contributed by atoms with E-state index in [1.54, 1.807) is 37.3 Å². The van der Waals surface area contributed by atoms with Crippen LogP contribution in [0.25, 0.3) is 0 Å². The van der Waals surface area contributed by atoms with Crippen LogP contribution in [0.15, 0.2) is 47.1 Å². The summed E-state index contributed by atoms with van der Waals surface area (Å²) < 4.78 is 8.02. The van der Waals surface area contributed by atoms with Gasteiger partial charge in [-0.3, -0.25) is 4.79 Å². The van der Waals surface area contributed by atoms with Gasteiger partial charge in [0.1, 0.15) is 6.17 Å². The highest BCUT2D eigenvalue weighted by atomic mass is 35.6. The van der Waals surface area contributed by atoms with Crippen molar-refractivity contribution in [1.29, 1.82) is 0 Å². The first-order chi connectivity index (χ1) is 13.2. The number of anilines is 1. The molecule has 1 amide bonds. The Morgan fingerprint density at radius 2 is 1.86 bits per heavy atom.